The lowest BCUT2D eigenvalue weighted by Crippen LogP contribution is -2.47. The van der Waals surface area contributed by atoms with Crippen molar-refractivity contribution in [2.24, 2.45) is 10.9 Å². The predicted molar refractivity (Wildman–Crippen MR) is 127 cm³/mol. The fourth-order valence-electron chi connectivity index (χ4n) is 3.97. The minimum atomic E-state index is 0. The number of guanidine groups is 1. The summed E-state index contributed by atoms with van der Waals surface area (Å²) < 4.78 is 14.1. The van der Waals surface area contributed by atoms with Crippen LogP contribution in [0.25, 0.3) is 0 Å². The molecule has 0 aromatic carbocycles. The molecule has 3 rings (SSSR count). The summed E-state index contributed by atoms with van der Waals surface area (Å²) in [5.41, 5.74) is 0. The molecule has 2 aliphatic rings. The van der Waals surface area contributed by atoms with E-state index in [1.54, 1.807) is 0 Å². The van der Waals surface area contributed by atoms with Crippen LogP contribution in [0, 0.1) is 5.92 Å². The summed E-state index contributed by atoms with van der Waals surface area (Å²) in [4.78, 5) is 11.3. The number of likely N-dealkylation sites (tertiary alicyclic amines) is 1. The number of halogens is 1. The maximum Gasteiger partial charge on any atom is 0.194 e. The van der Waals surface area contributed by atoms with Gasteiger partial charge in [0, 0.05) is 45.7 Å². The van der Waals surface area contributed by atoms with Crippen molar-refractivity contribution in [2.45, 2.75) is 71.2 Å². The second-order valence-corrected chi connectivity index (χ2v) is 8.30. The molecule has 1 atom stereocenters. The third kappa shape index (κ3) is 7.71. The van der Waals surface area contributed by atoms with E-state index in [1.807, 2.05) is 13.2 Å². The largest absolute Gasteiger partial charge is 0.376 e. The van der Waals surface area contributed by atoms with Gasteiger partial charge in [-0.1, -0.05) is 13.8 Å². The zero-order valence-corrected chi connectivity index (χ0v) is 20.5. The second-order valence-electron chi connectivity index (χ2n) is 8.30. The molecule has 29 heavy (non-hydrogen) atoms. The number of aromatic nitrogens is 2. The quantitative estimate of drug-likeness (QED) is 0.341. The molecule has 166 valence electrons. The minimum absolute atomic E-state index is 0. The van der Waals surface area contributed by atoms with Gasteiger partial charge in [0.2, 0.25) is 0 Å². The van der Waals surface area contributed by atoms with E-state index in [1.165, 1.54) is 12.8 Å². The van der Waals surface area contributed by atoms with Gasteiger partial charge < -0.3 is 24.3 Å². The Morgan fingerprint density at radius 3 is 2.76 bits per heavy atom. The highest BCUT2D eigenvalue weighted by Gasteiger charge is 2.24. The summed E-state index contributed by atoms with van der Waals surface area (Å²) in [6.07, 6.45) is 10.2. The summed E-state index contributed by atoms with van der Waals surface area (Å²) in [7, 11) is 1.85. The number of aliphatic imine (C=N–C) groups is 1. The topological polar surface area (TPSA) is 63.9 Å². The van der Waals surface area contributed by atoms with Crippen molar-refractivity contribution in [2.75, 3.05) is 33.4 Å². The summed E-state index contributed by atoms with van der Waals surface area (Å²) in [6, 6.07) is 0. The molecule has 1 aromatic heterocycles. The van der Waals surface area contributed by atoms with Gasteiger partial charge >= 0.3 is 0 Å². The summed E-state index contributed by atoms with van der Waals surface area (Å²) in [5.74, 6) is 2.61. The van der Waals surface area contributed by atoms with Gasteiger partial charge in [0.15, 0.2) is 5.96 Å². The van der Waals surface area contributed by atoms with E-state index < -0.39 is 0 Å². The molecule has 3 heterocycles. The van der Waals surface area contributed by atoms with E-state index in [9.17, 15) is 0 Å². The van der Waals surface area contributed by atoms with Crippen LogP contribution in [0.15, 0.2) is 17.4 Å². The Morgan fingerprint density at radius 1 is 1.31 bits per heavy atom. The summed E-state index contributed by atoms with van der Waals surface area (Å²) in [6.45, 7) is 9.71. The molecule has 2 aliphatic heterocycles. The van der Waals surface area contributed by atoms with E-state index in [0.717, 1.165) is 63.9 Å². The smallest absolute Gasteiger partial charge is 0.194 e. The van der Waals surface area contributed by atoms with Crippen LogP contribution in [0.3, 0.4) is 0 Å². The van der Waals surface area contributed by atoms with Crippen LogP contribution in [-0.4, -0.2) is 66.0 Å². The van der Waals surface area contributed by atoms with Crippen LogP contribution in [-0.2, 0) is 22.6 Å². The minimum Gasteiger partial charge on any atom is -0.376 e. The molecule has 0 saturated carbocycles. The molecule has 2 fully saturated rings. The number of piperidine rings is 1. The monoisotopic (exact) mass is 519 g/mol. The molecule has 7 nitrogen and oxygen atoms in total. The highest BCUT2D eigenvalue weighted by atomic mass is 127. The molecule has 0 amide bonds. The van der Waals surface area contributed by atoms with E-state index in [-0.39, 0.29) is 24.0 Å². The number of hydrogen-bond acceptors (Lipinski definition) is 4. The third-order valence-corrected chi connectivity index (χ3v) is 5.51. The Morgan fingerprint density at radius 2 is 2.10 bits per heavy atom. The number of hydrogen-bond donors (Lipinski definition) is 1. The van der Waals surface area contributed by atoms with Crippen LogP contribution in [0.2, 0.25) is 0 Å². The van der Waals surface area contributed by atoms with Gasteiger partial charge in [-0.3, -0.25) is 4.99 Å². The average Bonchev–Trinajstić information content (AvgIpc) is 3.15. The lowest BCUT2D eigenvalue weighted by Gasteiger charge is -2.35. The Kier molecular flexibility index (Phi) is 10.7. The van der Waals surface area contributed by atoms with E-state index in [2.05, 4.69) is 44.8 Å². The summed E-state index contributed by atoms with van der Waals surface area (Å²) >= 11 is 0. The van der Waals surface area contributed by atoms with Crippen LogP contribution in [0.4, 0.5) is 0 Å². The van der Waals surface area contributed by atoms with Crippen LogP contribution in [0.1, 0.15) is 51.8 Å². The first-order chi connectivity index (χ1) is 13.7. The maximum absolute atomic E-state index is 6.13. The number of imidazole rings is 1. The van der Waals surface area contributed by atoms with Crippen LogP contribution >= 0.6 is 24.0 Å². The van der Waals surface area contributed by atoms with Gasteiger partial charge in [0.05, 0.1) is 25.4 Å². The Balaban J connectivity index is 0.00000300. The van der Waals surface area contributed by atoms with E-state index in [0.29, 0.717) is 24.7 Å². The molecule has 1 N–H and O–H groups in total. The number of rotatable bonds is 7. The normalized spacial score (nSPS) is 21.3. The number of nitrogens with one attached hydrogen (secondary N) is 1. The molecular weight excluding hydrogens is 481 g/mol. The second kappa shape index (κ2) is 12.7. The van der Waals surface area contributed by atoms with Crippen molar-refractivity contribution in [3.05, 3.63) is 18.2 Å². The fraction of sp³-hybridized carbons (Fsp3) is 0.810. The molecule has 0 spiro atoms. The maximum atomic E-state index is 6.13. The molecule has 1 unspecified atom stereocenters. The molecule has 0 radical (unpaired) electrons. The first-order valence-corrected chi connectivity index (χ1v) is 10.8. The van der Waals surface area contributed by atoms with E-state index in [4.69, 9.17) is 9.47 Å². The zero-order valence-electron chi connectivity index (χ0n) is 18.2. The lowest BCUT2D eigenvalue weighted by molar-refractivity contribution is -0.0721. The van der Waals surface area contributed by atoms with Crippen LogP contribution in [0.5, 0.6) is 0 Å². The highest BCUT2D eigenvalue weighted by Crippen LogP contribution is 2.18. The number of ether oxygens (including phenoxy) is 2. The first kappa shape index (κ1) is 24.4. The molecule has 2 saturated heterocycles. The van der Waals surface area contributed by atoms with Crippen LogP contribution < -0.4 is 5.32 Å². The zero-order chi connectivity index (χ0) is 19.8. The van der Waals surface area contributed by atoms with Gasteiger partial charge in [-0.15, -0.1) is 24.0 Å². The summed E-state index contributed by atoms with van der Waals surface area (Å²) in [5, 5.41) is 3.49. The third-order valence-electron chi connectivity index (χ3n) is 5.51. The highest BCUT2D eigenvalue weighted by molar-refractivity contribution is 14.0. The van der Waals surface area contributed by atoms with Gasteiger partial charge in [-0.25, -0.2) is 4.98 Å². The standard InChI is InChI=1S/C21H37N5O2.HI/c1-17(2)15-26-12-9-23-20(26)14-24-21(22-3)25-10-7-18(8-11-25)28-16-19-6-4-5-13-27-19;/h9,12,17-19H,4-8,10-11,13-16H2,1-3H3,(H,22,24);1H. The van der Waals surface area contributed by atoms with Gasteiger partial charge in [-0.05, 0) is 38.0 Å². The van der Waals surface area contributed by atoms with Crippen molar-refractivity contribution >= 4 is 29.9 Å². The van der Waals surface area contributed by atoms with Crippen molar-refractivity contribution in [3.63, 3.8) is 0 Å². The van der Waals surface area contributed by atoms with Gasteiger partial charge in [0.1, 0.15) is 5.82 Å². The average molecular weight is 519 g/mol. The van der Waals surface area contributed by atoms with Crippen molar-refractivity contribution in [1.82, 2.24) is 19.8 Å². The Bertz CT molecular complexity index is 608. The Hall–Kier alpha value is -0.870. The van der Waals surface area contributed by atoms with Crippen molar-refractivity contribution in [3.8, 4) is 0 Å². The van der Waals surface area contributed by atoms with Gasteiger partial charge in [-0.2, -0.15) is 0 Å². The van der Waals surface area contributed by atoms with Crippen molar-refractivity contribution < 1.29 is 9.47 Å². The first-order valence-electron chi connectivity index (χ1n) is 10.8. The van der Waals surface area contributed by atoms with Crippen molar-refractivity contribution in [1.29, 1.82) is 0 Å². The van der Waals surface area contributed by atoms with E-state index >= 15 is 0 Å². The SMILES string of the molecule is CN=C(NCc1nccn1CC(C)C)N1CCC(OCC2CCCCO2)CC1.I. The fourth-order valence-corrected chi connectivity index (χ4v) is 3.97. The molecular formula is C21H38IN5O2. The van der Waals surface area contributed by atoms with Gasteiger partial charge in [0.25, 0.3) is 0 Å². The Labute approximate surface area is 192 Å². The molecule has 0 bridgehead atoms. The molecule has 1 aromatic rings. The number of nitrogens with zero attached hydrogens (tertiary/aromatic N) is 4. The molecule has 8 heteroatoms. The molecule has 0 aliphatic carbocycles. The predicted octanol–water partition coefficient (Wildman–Crippen LogP) is 3.28. The lowest BCUT2D eigenvalue weighted by atomic mass is 10.1.